The van der Waals surface area contributed by atoms with Crippen molar-refractivity contribution in [1.29, 1.82) is 0 Å². The topological polar surface area (TPSA) is 229 Å². The molecule has 0 radical (unpaired) electrons. The summed E-state index contributed by atoms with van der Waals surface area (Å²) in [5, 5.41) is 21.5. The van der Waals surface area contributed by atoms with Crippen LogP contribution in [0.25, 0.3) is 22.0 Å². The number of nitrogens with zero attached hydrogens (tertiary/aromatic N) is 4. The van der Waals surface area contributed by atoms with Gasteiger partial charge in [0, 0.05) is 55.3 Å². The zero-order chi connectivity index (χ0) is 42.2. The Morgan fingerprint density at radius 3 is 2.35 bits per heavy atom. The van der Waals surface area contributed by atoms with E-state index in [4.69, 9.17) is 25.7 Å². The van der Waals surface area contributed by atoms with Crippen molar-refractivity contribution in [3.63, 3.8) is 0 Å². The molecule has 7 rings (SSSR count). The van der Waals surface area contributed by atoms with E-state index in [0.717, 1.165) is 49.8 Å². The third-order valence-corrected chi connectivity index (χ3v) is 10.5. The highest BCUT2D eigenvalue weighted by molar-refractivity contribution is 5.91. The fourth-order valence-corrected chi connectivity index (χ4v) is 7.43. The number of hydrogen-bond donors (Lipinski definition) is 6. The lowest BCUT2D eigenvalue weighted by molar-refractivity contribution is -0.134. The number of phenols is 1. The summed E-state index contributed by atoms with van der Waals surface area (Å²) in [5.41, 5.74) is 18.5. The van der Waals surface area contributed by atoms with Gasteiger partial charge in [0.1, 0.15) is 17.8 Å². The van der Waals surface area contributed by atoms with E-state index >= 15 is 0 Å². The van der Waals surface area contributed by atoms with Gasteiger partial charge in [-0.1, -0.05) is 78.0 Å². The summed E-state index contributed by atoms with van der Waals surface area (Å²) in [4.78, 5) is 52.6. The molecule has 7 aromatic rings. The van der Waals surface area contributed by atoms with Crippen molar-refractivity contribution in [2.75, 3.05) is 5.73 Å². The van der Waals surface area contributed by atoms with E-state index in [1.54, 1.807) is 29.1 Å². The molecule has 3 amide bonds. The van der Waals surface area contributed by atoms with Crippen LogP contribution in [-0.2, 0) is 40.1 Å². The lowest BCUT2D eigenvalue weighted by Gasteiger charge is -2.25. The van der Waals surface area contributed by atoms with Crippen LogP contribution >= 0.6 is 0 Å². The van der Waals surface area contributed by atoms with Gasteiger partial charge in [0.05, 0.1) is 0 Å². The lowest BCUT2D eigenvalue weighted by atomic mass is 9.95. The number of primary amides is 1. The summed E-state index contributed by atoms with van der Waals surface area (Å²) < 4.78 is 12.8. The average molecular weight is 810 g/mol. The molecule has 0 aliphatic heterocycles. The first kappa shape index (κ1) is 40.8. The number of imidazole rings is 1. The Morgan fingerprint density at radius 2 is 1.63 bits per heavy atom. The second-order valence-electron chi connectivity index (χ2n) is 14.8. The number of nitrogens with one attached hydrogen (secondary N) is 3. The van der Waals surface area contributed by atoms with Gasteiger partial charge in [-0.25, -0.2) is 9.78 Å². The zero-order valence-corrected chi connectivity index (χ0v) is 33.3. The maximum absolute atomic E-state index is 14.6. The highest BCUT2D eigenvalue weighted by atomic mass is 16.6. The molecule has 3 atom stereocenters. The van der Waals surface area contributed by atoms with Gasteiger partial charge < -0.3 is 46.0 Å². The quantitative estimate of drug-likeness (QED) is 0.0630. The molecule has 0 aliphatic carbocycles. The first-order valence-corrected chi connectivity index (χ1v) is 19.6. The molecule has 0 fully saturated rings. The van der Waals surface area contributed by atoms with Crippen LogP contribution in [0.2, 0.25) is 0 Å². The monoisotopic (exact) mass is 809 g/mol. The minimum absolute atomic E-state index is 0.0399. The van der Waals surface area contributed by atoms with Gasteiger partial charge in [-0.3, -0.25) is 9.59 Å². The maximum Gasteiger partial charge on any atom is 0.405 e. The van der Waals surface area contributed by atoms with E-state index in [1.807, 2.05) is 86.8 Å². The molecule has 0 bridgehead atoms. The fraction of sp³-hybridized carbons (Fsp3) is 0.244. The predicted molar refractivity (Wildman–Crippen MR) is 225 cm³/mol. The molecule has 308 valence electrons. The molecular formula is C45H47N9O6. The van der Waals surface area contributed by atoms with Gasteiger partial charge >= 0.3 is 6.09 Å². The van der Waals surface area contributed by atoms with Gasteiger partial charge in [-0.15, -0.1) is 0 Å². The number of aromatic amines is 1. The first-order valence-electron chi connectivity index (χ1n) is 19.6. The first-order chi connectivity index (χ1) is 29.0. The van der Waals surface area contributed by atoms with Gasteiger partial charge in [0.25, 0.3) is 5.91 Å². The Kier molecular flexibility index (Phi) is 12.5. The molecule has 60 heavy (non-hydrogen) atoms. The van der Waals surface area contributed by atoms with Crippen LogP contribution in [0.3, 0.4) is 0 Å². The zero-order valence-electron chi connectivity index (χ0n) is 33.3. The number of rotatable bonds is 17. The number of fused-ring (bicyclic) bond motifs is 1. The molecule has 0 aliphatic rings. The predicted octanol–water partition coefficient (Wildman–Crippen LogP) is 5.98. The number of phenolic OH excluding ortho intramolecular Hbond substituents is 1. The third-order valence-electron chi connectivity index (χ3n) is 10.5. The van der Waals surface area contributed by atoms with Crippen LogP contribution < -0.4 is 22.1 Å². The number of benzene rings is 4. The Morgan fingerprint density at radius 1 is 0.917 bits per heavy atom. The second kappa shape index (κ2) is 18.4. The highest BCUT2D eigenvalue weighted by Crippen LogP contribution is 2.27. The number of ether oxygens (including phenoxy) is 1. The van der Waals surface area contributed by atoms with Gasteiger partial charge in [-0.2, -0.15) is 4.98 Å². The van der Waals surface area contributed by atoms with Crippen molar-refractivity contribution in [3.05, 3.63) is 149 Å². The van der Waals surface area contributed by atoms with Crippen molar-refractivity contribution >= 4 is 34.8 Å². The van der Waals surface area contributed by atoms with E-state index in [2.05, 4.69) is 37.9 Å². The van der Waals surface area contributed by atoms with Crippen LogP contribution in [0, 0.1) is 13.8 Å². The number of carbonyl (C=O) groups is 3. The summed E-state index contributed by atoms with van der Waals surface area (Å²) in [6.45, 7) is 4.03. The summed E-state index contributed by atoms with van der Waals surface area (Å²) in [5.74, 6) is -0.282. The molecule has 15 heteroatoms. The van der Waals surface area contributed by atoms with Gasteiger partial charge in [-0.05, 0) is 83.8 Å². The number of para-hydroxylation sites is 1. The Bertz CT molecular complexity index is 2560. The number of nitrogens with two attached hydrogens (primary N) is 2. The number of H-pyrrole nitrogens is 1. The molecule has 4 aromatic carbocycles. The van der Waals surface area contributed by atoms with Crippen molar-refractivity contribution < 1.29 is 28.8 Å². The number of nitrogen functional groups attached to an aromatic ring is 1. The molecule has 3 heterocycles. The van der Waals surface area contributed by atoms with Crippen LogP contribution in [0.5, 0.6) is 5.75 Å². The van der Waals surface area contributed by atoms with Crippen LogP contribution in [0.15, 0.2) is 114 Å². The average Bonchev–Trinajstić information content (AvgIpc) is 3.98. The van der Waals surface area contributed by atoms with Crippen molar-refractivity contribution in [3.8, 4) is 16.9 Å². The van der Waals surface area contributed by atoms with E-state index in [0.29, 0.717) is 31.2 Å². The summed E-state index contributed by atoms with van der Waals surface area (Å²) in [6, 6.07) is 27.2. The third kappa shape index (κ3) is 9.99. The van der Waals surface area contributed by atoms with Gasteiger partial charge in [0.2, 0.25) is 11.8 Å². The molecule has 8 N–H and O–H groups in total. The molecule has 2 unspecified atom stereocenters. The molecule has 15 nitrogen and oxygen atoms in total. The van der Waals surface area contributed by atoms with Crippen molar-refractivity contribution in [1.82, 2.24) is 35.3 Å². The Hall–Kier alpha value is -7.42. The number of aryl methyl sites for hydroxylation is 3. The van der Waals surface area contributed by atoms with Crippen LogP contribution in [-0.4, -0.2) is 59.8 Å². The number of aromatic hydroxyl groups is 1. The van der Waals surface area contributed by atoms with E-state index in [1.165, 1.54) is 0 Å². The standard InChI is InChI=1S/C45H47N9O6/c1-27-21-33(55)22-28(2)35(27)25-37(50-42(57)39(59-45(47)58)13-8-19-54-20-18-48-44(54)46)41(56)51-38(24-32-26-49-36-12-7-6-11-34(32)36)43-52-40(53-60-43)23-29-14-16-31(17-15-29)30-9-4-3-5-10-30/h3-7,9-12,14-18,20-22,26,37-39,49,55H,8,13,19,23-25H2,1-2H3,(H2,46,48)(H2,47,58)(H,50,57)(H,51,56)/t37?,38-,39?/m0/s1. The number of carbonyl (C=O) groups excluding carboxylic acids is 3. The van der Waals surface area contributed by atoms with Crippen LogP contribution in [0.4, 0.5) is 10.7 Å². The second-order valence-corrected chi connectivity index (χ2v) is 14.8. The molecule has 3 aromatic heterocycles. The Balaban J connectivity index is 1.16. The maximum atomic E-state index is 14.6. The normalized spacial score (nSPS) is 12.8. The van der Waals surface area contributed by atoms with Gasteiger partial charge in [0.15, 0.2) is 17.9 Å². The summed E-state index contributed by atoms with van der Waals surface area (Å²) in [7, 11) is 0. The van der Waals surface area contributed by atoms with Crippen molar-refractivity contribution in [2.24, 2.45) is 5.73 Å². The lowest BCUT2D eigenvalue weighted by Crippen LogP contribution is -2.52. The Labute approximate surface area is 346 Å². The number of hydrogen-bond acceptors (Lipinski definition) is 10. The van der Waals surface area contributed by atoms with E-state index < -0.39 is 36.1 Å². The smallest absolute Gasteiger partial charge is 0.405 e. The molecule has 0 saturated heterocycles. The highest BCUT2D eigenvalue weighted by Gasteiger charge is 2.32. The number of aromatic nitrogens is 5. The van der Waals surface area contributed by atoms with Crippen molar-refractivity contribution in [2.45, 2.75) is 70.7 Å². The van der Waals surface area contributed by atoms with E-state index in [9.17, 15) is 19.5 Å². The molecule has 0 spiro atoms. The summed E-state index contributed by atoms with van der Waals surface area (Å²) >= 11 is 0. The molecule has 0 saturated carbocycles. The minimum Gasteiger partial charge on any atom is -0.508 e. The minimum atomic E-state index is -1.31. The number of anilines is 1. The van der Waals surface area contributed by atoms with Crippen LogP contribution in [0.1, 0.15) is 58.4 Å². The number of amides is 3. The summed E-state index contributed by atoms with van der Waals surface area (Å²) in [6.07, 6.45) is 3.84. The van der Waals surface area contributed by atoms with E-state index in [-0.39, 0.29) is 30.9 Å². The largest absolute Gasteiger partial charge is 0.508 e. The SMILES string of the molecule is Cc1cc(O)cc(C)c1CC(NC(=O)C(CCCn1ccnc1N)OC(N)=O)C(=O)N[C@@H](Cc1c[nH]c2ccccc12)c1nc(Cc2ccc(-c3ccccc3)cc2)no1. The molecular weight excluding hydrogens is 763 g/mol. The fourth-order valence-electron chi connectivity index (χ4n) is 7.43.